The number of carbonyl (C=O) groups excluding carboxylic acids is 1. The van der Waals surface area contributed by atoms with E-state index in [0.29, 0.717) is 0 Å². The van der Waals surface area contributed by atoms with Gasteiger partial charge in [0.1, 0.15) is 5.02 Å². The highest BCUT2D eigenvalue weighted by molar-refractivity contribution is 6.32. The third-order valence-electron chi connectivity index (χ3n) is 1.58. The molecule has 0 radical (unpaired) electrons. The first-order valence-electron chi connectivity index (χ1n) is 3.79. The average molecular weight is 220 g/mol. The first kappa shape index (κ1) is 10.8. The lowest BCUT2D eigenvalue weighted by Gasteiger charge is -2.07. The lowest BCUT2D eigenvalue weighted by Crippen LogP contribution is -2.27. The van der Waals surface area contributed by atoms with Crippen LogP contribution in [-0.4, -0.2) is 34.1 Å². The van der Waals surface area contributed by atoms with Gasteiger partial charge in [-0.15, -0.1) is 0 Å². The fraction of sp³-hybridized carbons (Fsp3) is 0.429. The van der Waals surface area contributed by atoms with Crippen LogP contribution in [0.1, 0.15) is 0 Å². The van der Waals surface area contributed by atoms with Crippen molar-refractivity contribution in [2.24, 2.45) is 0 Å². The van der Waals surface area contributed by atoms with E-state index in [-0.39, 0.29) is 17.4 Å². The van der Waals surface area contributed by atoms with Crippen molar-refractivity contribution in [2.75, 3.05) is 12.8 Å². The molecule has 0 bridgehead atoms. The van der Waals surface area contributed by atoms with Crippen LogP contribution in [0.25, 0.3) is 0 Å². The van der Waals surface area contributed by atoms with E-state index in [1.807, 2.05) is 0 Å². The van der Waals surface area contributed by atoms with Crippen LogP contribution in [0.15, 0.2) is 6.20 Å². The maximum absolute atomic E-state index is 10.8. The monoisotopic (exact) mass is 219 g/mol. The van der Waals surface area contributed by atoms with E-state index in [0.717, 1.165) is 0 Å². The molecule has 7 heteroatoms. The summed E-state index contributed by atoms with van der Waals surface area (Å²) in [5.74, 6) is -0.570. The molecule has 0 saturated heterocycles. The summed E-state index contributed by atoms with van der Waals surface area (Å²) in [5, 5.41) is 13.3. The Balaban J connectivity index is 2.64. The van der Waals surface area contributed by atoms with Gasteiger partial charge < -0.3 is 15.6 Å². The summed E-state index contributed by atoms with van der Waals surface area (Å²) < 4.78 is 5.60. The third-order valence-corrected chi connectivity index (χ3v) is 1.87. The summed E-state index contributed by atoms with van der Waals surface area (Å²) >= 11 is 5.62. The first-order chi connectivity index (χ1) is 6.54. The second-order valence-corrected chi connectivity index (χ2v) is 3.03. The molecule has 1 rings (SSSR count). The number of rotatable bonds is 3. The van der Waals surface area contributed by atoms with Gasteiger partial charge in [-0.25, -0.2) is 4.79 Å². The SMILES string of the molecule is COC(=O)C(O)Cn1cc(Cl)c(N)n1. The molecule has 1 atom stereocenters. The predicted octanol–water partition coefficient (Wildman–Crippen LogP) is -0.347. The summed E-state index contributed by atoms with van der Waals surface area (Å²) in [6.07, 6.45) is 0.152. The Morgan fingerprint density at radius 3 is 3.00 bits per heavy atom. The first-order valence-corrected chi connectivity index (χ1v) is 4.16. The lowest BCUT2D eigenvalue weighted by atomic mass is 10.4. The number of anilines is 1. The molecule has 1 unspecified atom stereocenters. The Morgan fingerprint density at radius 1 is 1.93 bits per heavy atom. The highest BCUT2D eigenvalue weighted by atomic mass is 35.5. The number of methoxy groups -OCH3 is 1. The van der Waals surface area contributed by atoms with Crippen LogP contribution in [0.5, 0.6) is 0 Å². The number of aliphatic hydroxyl groups excluding tert-OH is 1. The molecule has 1 heterocycles. The summed E-state index contributed by atoms with van der Waals surface area (Å²) in [4.78, 5) is 10.8. The average Bonchev–Trinajstić information content (AvgIpc) is 2.44. The molecule has 0 spiro atoms. The van der Waals surface area contributed by atoms with Crippen LogP contribution < -0.4 is 5.73 Å². The zero-order chi connectivity index (χ0) is 10.7. The summed E-state index contributed by atoms with van der Waals surface area (Å²) in [6, 6.07) is 0. The number of hydrogen-bond acceptors (Lipinski definition) is 5. The van der Waals surface area contributed by atoms with Gasteiger partial charge >= 0.3 is 5.97 Å². The van der Waals surface area contributed by atoms with E-state index in [1.54, 1.807) is 0 Å². The number of hydrogen-bond donors (Lipinski definition) is 2. The number of ether oxygens (including phenoxy) is 1. The van der Waals surface area contributed by atoms with Crippen molar-refractivity contribution in [1.82, 2.24) is 9.78 Å². The molecule has 0 fully saturated rings. The van der Waals surface area contributed by atoms with Gasteiger partial charge in [-0.3, -0.25) is 4.68 Å². The Bertz CT molecular complexity index is 319. The Hall–Kier alpha value is -1.27. The van der Waals surface area contributed by atoms with Crippen LogP contribution >= 0.6 is 11.6 Å². The van der Waals surface area contributed by atoms with Gasteiger partial charge in [0, 0.05) is 6.20 Å². The minimum absolute atomic E-state index is 0.0381. The largest absolute Gasteiger partial charge is 0.467 e. The number of nitrogen functional groups attached to an aromatic ring is 1. The summed E-state index contributed by atoms with van der Waals surface area (Å²) in [6.45, 7) is -0.0381. The number of nitrogens with zero attached hydrogens (tertiary/aromatic N) is 2. The molecule has 0 amide bonds. The van der Waals surface area contributed by atoms with Gasteiger partial charge in [-0.2, -0.15) is 5.10 Å². The van der Waals surface area contributed by atoms with Crippen LogP contribution in [-0.2, 0) is 16.1 Å². The van der Waals surface area contributed by atoms with Crippen molar-refractivity contribution in [3.8, 4) is 0 Å². The molecule has 0 aliphatic rings. The van der Waals surface area contributed by atoms with Crippen LogP contribution in [0.3, 0.4) is 0 Å². The van der Waals surface area contributed by atoms with Gasteiger partial charge in [-0.05, 0) is 0 Å². The van der Waals surface area contributed by atoms with E-state index in [9.17, 15) is 9.90 Å². The van der Waals surface area contributed by atoms with E-state index >= 15 is 0 Å². The molecule has 1 aromatic heterocycles. The van der Waals surface area contributed by atoms with E-state index in [1.165, 1.54) is 18.0 Å². The zero-order valence-corrected chi connectivity index (χ0v) is 8.23. The third kappa shape index (κ3) is 2.36. The molecule has 14 heavy (non-hydrogen) atoms. The Labute approximate surface area is 85.2 Å². The molecule has 6 nitrogen and oxygen atoms in total. The Kier molecular flexibility index (Phi) is 3.32. The van der Waals surface area contributed by atoms with Crippen LogP contribution in [0, 0.1) is 0 Å². The number of esters is 1. The van der Waals surface area contributed by atoms with Gasteiger partial charge in [0.25, 0.3) is 0 Å². The van der Waals surface area contributed by atoms with Crippen molar-refractivity contribution in [3.05, 3.63) is 11.2 Å². The zero-order valence-electron chi connectivity index (χ0n) is 7.48. The number of nitrogens with two attached hydrogens (primary N) is 1. The maximum atomic E-state index is 10.8. The van der Waals surface area contributed by atoms with Crippen LogP contribution in [0.4, 0.5) is 5.82 Å². The number of carbonyl (C=O) groups is 1. The van der Waals surface area contributed by atoms with E-state index in [4.69, 9.17) is 17.3 Å². The molecule has 1 aromatic rings. The maximum Gasteiger partial charge on any atom is 0.336 e. The van der Waals surface area contributed by atoms with Crippen molar-refractivity contribution < 1.29 is 14.6 Å². The normalized spacial score (nSPS) is 12.5. The molecule has 78 valence electrons. The minimum atomic E-state index is -1.27. The molecule has 0 aliphatic heterocycles. The van der Waals surface area contributed by atoms with Crippen LogP contribution in [0.2, 0.25) is 5.02 Å². The molecular formula is C7H10ClN3O3. The second-order valence-electron chi connectivity index (χ2n) is 2.62. The quantitative estimate of drug-likeness (QED) is 0.679. The predicted molar refractivity (Wildman–Crippen MR) is 49.7 cm³/mol. The fourth-order valence-corrected chi connectivity index (χ4v) is 1.04. The number of aromatic nitrogens is 2. The van der Waals surface area contributed by atoms with Gasteiger partial charge in [-0.1, -0.05) is 11.6 Å². The second kappa shape index (κ2) is 4.30. The standard InChI is InChI=1S/C7H10ClN3O3/c1-14-7(13)5(12)3-11-2-4(8)6(9)10-11/h2,5,12H,3H2,1H3,(H2,9,10). The molecule has 0 saturated carbocycles. The van der Waals surface area contributed by atoms with Crippen molar-refractivity contribution in [3.63, 3.8) is 0 Å². The minimum Gasteiger partial charge on any atom is -0.467 e. The van der Waals surface area contributed by atoms with Gasteiger partial charge in [0.2, 0.25) is 0 Å². The highest BCUT2D eigenvalue weighted by Gasteiger charge is 2.16. The number of halogens is 1. The molecule has 3 N–H and O–H groups in total. The highest BCUT2D eigenvalue weighted by Crippen LogP contribution is 2.15. The Morgan fingerprint density at radius 2 is 2.57 bits per heavy atom. The molecule has 0 aliphatic carbocycles. The van der Waals surface area contributed by atoms with Crippen molar-refractivity contribution in [1.29, 1.82) is 0 Å². The topological polar surface area (TPSA) is 90.4 Å². The fourth-order valence-electron chi connectivity index (χ4n) is 0.893. The smallest absolute Gasteiger partial charge is 0.336 e. The number of aliphatic hydroxyl groups is 1. The van der Waals surface area contributed by atoms with Gasteiger partial charge in [0.15, 0.2) is 11.9 Å². The molecular weight excluding hydrogens is 210 g/mol. The van der Waals surface area contributed by atoms with Gasteiger partial charge in [0.05, 0.1) is 13.7 Å². The van der Waals surface area contributed by atoms with E-state index in [2.05, 4.69) is 9.84 Å². The molecule has 0 aromatic carbocycles. The van der Waals surface area contributed by atoms with Crippen molar-refractivity contribution in [2.45, 2.75) is 12.6 Å². The van der Waals surface area contributed by atoms with Crippen molar-refractivity contribution >= 4 is 23.4 Å². The summed E-state index contributed by atoms with van der Waals surface area (Å²) in [5.41, 5.74) is 5.36. The van der Waals surface area contributed by atoms with E-state index < -0.39 is 12.1 Å². The summed E-state index contributed by atoms with van der Waals surface area (Å²) in [7, 11) is 1.19. The lowest BCUT2D eigenvalue weighted by molar-refractivity contribution is -0.151.